The van der Waals surface area contributed by atoms with Gasteiger partial charge < -0.3 is 15.1 Å². The van der Waals surface area contributed by atoms with Crippen molar-refractivity contribution >= 4 is 17.5 Å². The molecule has 2 aliphatic rings. The first-order valence-corrected chi connectivity index (χ1v) is 11.1. The number of carbonyl (C=O) groups excluding carboxylic acids is 2. The zero-order chi connectivity index (χ0) is 22.9. The van der Waals surface area contributed by atoms with Gasteiger partial charge in [-0.2, -0.15) is 0 Å². The van der Waals surface area contributed by atoms with Crippen molar-refractivity contribution < 1.29 is 14.0 Å². The molecule has 0 saturated carbocycles. The summed E-state index contributed by atoms with van der Waals surface area (Å²) in [7, 11) is 0. The first kappa shape index (κ1) is 20.9. The van der Waals surface area contributed by atoms with Crippen molar-refractivity contribution in [3.05, 3.63) is 106 Å². The Hall–Kier alpha value is -3.93. The quantitative estimate of drug-likeness (QED) is 0.599. The molecular formula is C27H25N3O3. The molecule has 1 aromatic carbocycles. The van der Waals surface area contributed by atoms with Crippen LogP contribution in [-0.4, -0.2) is 16.7 Å². The van der Waals surface area contributed by atoms with Gasteiger partial charge in [0.25, 0.3) is 5.91 Å². The number of aromatic nitrogens is 1. The van der Waals surface area contributed by atoms with Crippen molar-refractivity contribution in [2.45, 2.75) is 38.5 Å². The number of hydrogen-bond donors (Lipinski definition) is 2. The lowest BCUT2D eigenvalue weighted by Gasteiger charge is -2.36. The molecule has 1 aliphatic carbocycles. The summed E-state index contributed by atoms with van der Waals surface area (Å²) in [4.78, 5) is 31.2. The minimum Gasteiger partial charge on any atom is -0.469 e. The first-order chi connectivity index (χ1) is 16.0. The van der Waals surface area contributed by atoms with Gasteiger partial charge in [0.2, 0.25) is 0 Å². The van der Waals surface area contributed by atoms with Crippen molar-refractivity contribution in [2.24, 2.45) is 0 Å². The van der Waals surface area contributed by atoms with Crippen LogP contribution in [0.2, 0.25) is 0 Å². The number of amides is 1. The summed E-state index contributed by atoms with van der Waals surface area (Å²) in [6.07, 6.45) is 4.28. The summed E-state index contributed by atoms with van der Waals surface area (Å²) < 4.78 is 5.59. The SMILES string of the molecule is CC1=C(C(=O)Nc2ccccn2)[C@H](c2ccc(C)cc2)C2=C(C[C@@H](c3ccco3)CC2=O)N1. The highest BCUT2D eigenvalue weighted by molar-refractivity contribution is 6.09. The van der Waals surface area contributed by atoms with Crippen LogP contribution < -0.4 is 10.6 Å². The number of ketones is 1. The minimum absolute atomic E-state index is 0.0193. The molecule has 33 heavy (non-hydrogen) atoms. The fourth-order valence-corrected chi connectivity index (χ4v) is 4.78. The van der Waals surface area contributed by atoms with Gasteiger partial charge in [-0.3, -0.25) is 9.59 Å². The average Bonchev–Trinajstić information content (AvgIpc) is 3.34. The number of pyridine rings is 1. The Morgan fingerprint density at radius 2 is 1.88 bits per heavy atom. The van der Waals surface area contributed by atoms with Gasteiger partial charge in [0, 0.05) is 47.0 Å². The molecular weight excluding hydrogens is 414 g/mol. The predicted octanol–water partition coefficient (Wildman–Crippen LogP) is 4.98. The van der Waals surface area contributed by atoms with Gasteiger partial charge in [0.15, 0.2) is 5.78 Å². The Labute approximate surface area is 192 Å². The van der Waals surface area contributed by atoms with Crippen LogP contribution in [0.5, 0.6) is 0 Å². The number of carbonyl (C=O) groups is 2. The summed E-state index contributed by atoms with van der Waals surface area (Å²) in [5.41, 5.74) is 4.84. The molecule has 6 nitrogen and oxygen atoms in total. The number of nitrogens with zero attached hydrogens (tertiary/aromatic N) is 1. The smallest absolute Gasteiger partial charge is 0.255 e. The molecule has 3 heterocycles. The molecule has 6 heteroatoms. The number of aryl methyl sites for hydroxylation is 1. The maximum Gasteiger partial charge on any atom is 0.255 e. The maximum absolute atomic E-state index is 13.5. The van der Waals surface area contributed by atoms with E-state index in [1.165, 1.54) is 0 Å². The molecule has 0 unspecified atom stereocenters. The van der Waals surface area contributed by atoms with Crippen LogP contribution in [0.3, 0.4) is 0 Å². The fraction of sp³-hybridized carbons (Fsp3) is 0.222. The highest BCUT2D eigenvalue weighted by Gasteiger charge is 2.41. The van der Waals surface area contributed by atoms with Gasteiger partial charge in [-0.1, -0.05) is 35.9 Å². The third-order valence-corrected chi connectivity index (χ3v) is 6.33. The second-order valence-corrected chi connectivity index (χ2v) is 8.61. The summed E-state index contributed by atoms with van der Waals surface area (Å²) in [5.74, 6) is 0.579. The minimum atomic E-state index is -0.449. The van der Waals surface area contributed by atoms with Gasteiger partial charge in [0.05, 0.1) is 6.26 Å². The van der Waals surface area contributed by atoms with E-state index in [-0.39, 0.29) is 17.6 Å². The number of nitrogens with one attached hydrogen (secondary N) is 2. The Morgan fingerprint density at radius 1 is 1.06 bits per heavy atom. The van der Waals surface area contributed by atoms with Gasteiger partial charge in [-0.25, -0.2) is 4.98 Å². The number of allylic oxidation sites excluding steroid dienone is 3. The normalized spacial score (nSPS) is 20.4. The molecule has 2 N–H and O–H groups in total. The fourth-order valence-electron chi connectivity index (χ4n) is 4.78. The standard InChI is InChI=1S/C27H25N3O3/c1-16-8-10-18(11-9-16)25-24(27(32)30-23-7-3-4-12-28-23)17(2)29-20-14-19(15-21(31)26(20)25)22-6-5-13-33-22/h3-13,19,25,29H,14-15H2,1-2H3,(H,28,30,32)/t19-,25+/m1/s1. The van der Waals surface area contributed by atoms with E-state index in [1.54, 1.807) is 24.6 Å². The van der Waals surface area contributed by atoms with Crippen molar-refractivity contribution in [1.82, 2.24) is 10.3 Å². The molecule has 3 aromatic rings. The number of benzene rings is 1. The topological polar surface area (TPSA) is 84.2 Å². The molecule has 2 aromatic heterocycles. The number of rotatable bonds is 4. The molecule has 1 aliphatic heterocycles. The molecule has 0 saturated heterocycles. The van der Waals surface area contributed by atoms with Crippen LogP contribution in [0.4, 0.5) is 5.82 Å². The van der Waals surface area contributed by atoms with Crippen LogP contribution in [-0.2, 0) is 9.59 Å². The third-order valence-electron chi connectivity index (χ3n) is 6.33. The number of dihydropyridines is 1. The van der Waals surface area contributed by atoms with E-state index >= 15 is 0 Å². The summed E-state index contributed by atoms with van der Waals surface area (Å²) in [6, 6.07) is 17.2. The van der Waals surface area contributed by atoms with E-state index in [9.17, 15) is 9.59 Å². The number of anilines is 1. The van der Waals surface area contributed by atoms with E-state index in [2.05, 4.69) is 15.6 Å². The maximum atomic E-state index is 13.5. The number of hydrogen-bond acceptors (Lipinski definition) is 5. The molecule has 5 rings (SSSR count). The molecule has 1 amide bonds. The Bertz CT molecular complexity index is 1260. The molecule has 0 fully saturated rings. The second-order valence-electron chi connectivity index (χ2n) is 8.61. The van der Waals surface area contributed by atoms with E-state index < -0.39 is 5.92 Å². The van der Waals surface area contributed by atoms with Crippen molar-refractivity contribution in [3.8, 4) is 0 Å². The van der Waals surface area contributed by atoms with Crippen LogP contribution >= 0.6 is 0 Å². The van der Waals surface area contributed by atoms with Crippen molar-refractivity contribution in [1.29, 1.82) is 0 Å². The van der Waals surface area contributed by atoms with Crippen LogP contribution in [0.1, 0.15) is 48.5 Å². The Kier molecular flexibility index (Phi) is 5.42. The molecule has 2 atom stereocenters. The zero-order valence-electron chi connectivity index (χ0n) is 18.6. The van der Waals surface area contributed by atoms with Crippen LogP contribution in [0.15, 0.2) is 94.0 Å². The van der Waals surface area contributed by atoms with Gasteiger partial charge in [-0.05, 0) is 50.1 Å². The highest BCUT2D eigenvalue weighted by Crippen LogP contribution is 2.45. The van der Waals surface area contributed by atoms with Crippen LogP contribution in [0, 0.1) is 6.92 Å². The third kappa shape index (κ3) is 4.00. The lowest BCUT2D eigenvalue weighted by Crippen LogP contribution is -2.37. The van der Waals surface area contributed by atoms with Gasteiger partial charge in [0.1, 0.15) is 11.6 Å². The Balaban J connectivity index is 1.57. The van der Waals surface area contributed by atoms with E-state index in [1.807, 2.05) is 56.3 Å². The van der Waals surface area contributed by atoms with Crippen LogP contribution in [0.25, 0.3) is 0 Å². The molecule has 0 bridgehead atoms. The summed E-state index contributed by atoms with van der Waals surface area (Å²) in [5, 5.41) is 6.28. The van der Waals surface area contributed by atoms with E-state index in [0.29, 0.717) is 29.8 Å². The lowest BCUT2D eigenvalue weighted by atomic mass is 9.72. The number of furan rings is 1. The molecule has 0 spiro atoms. The largest absolute Gasteiger partial charge is 0.469 e. The van der Waals surface area contributed by atoms with Gasteiger partial charge in [-0.15, -0.1) is 0 Å². The van der Waals surface area contributed by atoms with Crippen molar-refractivity contribution in [3.63, 3.8) is 0 Å². The lowest BCUT2D eigenvalue weighted by molar-refractivity contribution is -0.116. The highest BCUT2D eigenvalue weighted by atomic mass is 16.3. The number of Topliss-reactive ketones (excluding diaryl/α,β-unsaturated/α-hetero) is 1. The monoisotopic (exact) mass is 439 g/mol. The van der Waals surface area contributed by atoms with E-state index in [4.69, 9.17) is 4.42 Å². The Morgan fingerprint density at radius 3 is 2.58 bits per heavy atom. The summed E-state index contributed by atoms with van der Waals surface area (Å²) in [6.45, 7) is 3.91. The zero-order valence-corrected chi connectivity index (χ0v) is 18.6. The van der Waals surface area contributed by atoms with E-state index in [0.717, 1.165) is 28.3 Å². The summed E-state index contributed by atoms with van der Waals surface area (Å²) >= 11 is 0. The average molecular weight is 440 g/mol. The molecule has 166 valence electrons. The van der Waals surface area contributed by atoms with Crippen molar-refractivity contribution in [2.75, 3.05) is 5.32 Å². The van der Waals surface area contributed by atoms with Gasteiger partial charge >= 0.3 is 0 Å². The molecule has 0 radical (unpaired) electrons. The first-order valence-electron chi connectivity index (χ1n) is 11.1. The predicted molar refractivity (Wildman–Crippen MR) is 125 cm³/mol. The second kappa shape index (κ2) is 8.54.